The molecule has 0 atom stereocenters. The molecule has 0 radical (unpaired) electrons. The van der Waals surface area contributed by atoms with Crippen molar-refractivity contribution in [3.8, 4) is 0 Å². The Balaban J connectivity index is 1.54. The van der Waals surface area contributed by atoms with E-state index in [9.17, 15) is 4.79 Å². The second-order valence-electron chi connectivity index (χ2n) is 4.60. The Hall–Kier alpha value is -1.56. The predicted octanol–water partition coefficient (Wildman–Crippen LogP) is 0.182. The minimum absolute atomic E-state index is 0.0827. The Kier molecular flexibility index (Phi) is 5.01. The summed E-state index contributed by atoms with van der Waals surface area (Å²) >= 11 is 0. The van der Waals surface area contributed by atoms with Gasteiger partial charge in [0.15, 0.2) is 0 Å². The summed E-state index contributed by atoms with van der Waals surface area (Å²) in [5.41, 5.74) is 0. The highest BCUT2D eigenvalue weighted by atomic mass is 16.2. The summed E-state index contributed by atoms with van der Waals surface area (Å²) < 4.78 is 1.80. The maximum Gasteiger partial charge on any atom is 0.314 e. The molecule has 1 aromatic heterocycles. The first-order valence-electron chi connectivity index (χ1n) is 6.54. The first-order chi connectivity index (χ1) is 8.84. The molecule has 0 aliphatic carbocycles. The highest BCUT2D eigenvalue weighted by Gasteiger charge is 2.13. The summed E-state index contributed by atoms with van der Waals surface area (Å²) in [5, 5.41) is 13.1. The van der Waals surface area contributed by atoms with Crippen molar-refractivity contribution < 1.29 is 4.79 Å². The third-order valence-corrected chi connectivity index (χ3v) is 3.20. The average Bonchev–Trinajstić information content (AvgIpc) is 2.91. The fraction of sp³-hybridized carbons (Fsp3) is 0.667. The lowest BCUT2D eigenvalue weighted by molar-refractivity contribution is 0.236. The van der Waals surface area contributed by atoms with E-state index in [4.69, 9.17) is 0 Å². The van der Waals surface area contributed by atoms with Crippen LogP contribution in [0.5, 0.6) is 0 Å². The number of urea groups is 1. The van der Waals surface area contributed by atoms with Crippen LogP contribution in [0.15, 0.2) is 18.5 Å². The summed E-state index contributed by atoms with van der Waals surface area (Å²) in [4.78, 5) is 11.5. The molecule has 2 heterocycles. The van der Waals surface area contributed by atoms with Crippen LogP contribution >= 0.6 is 0 Å². The largest absolute Gasteiger partial charge is 0.338 e. The summed E-state index contributed by atoms with van der Waals surface area (Å²) in [5.74, 6) is 0.614. The number of amides is 2. The summed E-state index contributed by atoms with van der Waals surface area (Å²) in [6.45, 7) is 4.20. The van der Waals surface area contributed by atoms with Crippen molar-refractivity contribution in [1.29, 1.82) is 0 Å². The highest BCUT2D eigenvalue weighted by molar-refractivity contribution is 5.73. The van der Waals surface area contributed by atoms with E-state index in [1.165, 1.54) is 0 Å². The van der Waals surface area contributed by atoms with E-state index in [1.807, 2.05) is 12.3 Å². The number of hydrogen-bond acceptors (Lipinski definition) is 3. The normalized spacial score (nSPS) is 16.4. The third kappa shape index (κ3) is 4.37. The van der Waals surface area contributed by atoms with Crippen LogP contribution in [0.4, 0.5) is 4.79 Å². The zero-order chi connectivity index (χ0) is 12.6. The van der Waals surface area contributed by atoms with E-state index in [2.05, 4.69) is 21.0 Å². The first kappa shape index (κ1) is 12.9. The molecular weight excluding hydrogens is 230 g/mol. The van der Waals surface area contributed by atoms with Crippen molar-refractivity contribution >= 4 is 6.03 Å². The van der Waals surface area contributed by atoms with E-state index < -0.39 is 0 Å². The number of carbonyl (C=O) groups excluding carboxylic acids is 1. The number of nitrogens with zero attached hydrogens (tertiary/aromatic N) is 2. The Labute approximate surface area is 107 Å². The number of rotatable bonds is 5. The molecule has 0 aromatic carbocycles. The quantitative estimate of drug-likeness (QED) is 0.699. The first-order valence-corrected chi connectivity index (χ1v) is 6.54. The van der Waals surface area contributed by atoms with Gasteiger partial charge in [-0.1, -0.05) is 0 Å². The smallest absolute Gasteiger partial charge is 0.314 e. The second-order valence-corrected chi connectivity index (χ2v) is 4.60. The van der Waals surface area contributed by atoms with Crippen molar-refractivity contribution in [2.45, 2.75) is 19.4 Å². The van der Waals surface area contributed by atoms with Crippen molar-refractivity contribution in [2.24, 2.45) is 5.92 Å². The molecule has 0 bridgehead atoms. The fourth-order valence-corrected chi connectivity index (χ4v) is 2.10. The van der Waals surface area contributed by atoms with Gasteiger partial charge in [-0.25, -0.2) is 4.79 Å². The van der Waals surface area contributed by atoms with Gasteiger partial charge in [-0.3, -0.25) is 4.68 Å². The zero-order valence-corrected chi connectivity index (χ0v) is 10.6. The van der Waals surface area contributed by atoms with Gasteiger partial charge >= 0.3 is 6.03 Å². The van der Waals surface area contributed by atoms with E-state index in [-0.39, 0.29) is 6.03 Å². The highest BCUT2D eigenvalue weighted by Crippen LogP contribution is 2.09. The SMILES string of the molecule is O=C(NCCn1cccn1)NCC1CCNCC1. The molecule has 1 aromatic rings. The standard InChI is InChI=1S/C12H21N5O/c18-12(14-7-9-17-8-1-4-16-17)15-10-11-2-5-13-6-3-11/h1,4,8,11,13H,2-3,5-7,9-10H2,(H2,14,15,18). The van der Waals surface area contributed by atoms with Gasteiger partial charge in [0.1, 0.15) is 0 Å². The number of piperidine rings is 1. The van der Waals surface area contributed by atoms with Crippen LogP contribution in [0.25, 0.3) is 0 Å². The lowest BCUT2D eigenvalue weighted by atomic mass is 9.98. The van der Waals surface area contributed by atoms with Gasteiger partial charge in [0, 0.05) is 25.5 Å². The lowest BCUT2D eigenvalue weighted by Gasteiger charge is -2.22. The zero-order valence-electron chi connectivity index (χ0n) is 10.6. The van der Waals surface area contributed by atoms with Gasteiger partial charge < -0.3 is 16.0 Å². The van der Waals surface area contributed by atoms with Gasteiger partial charge in [-0.15, -0.1) is 0 Å². The molecule has 3 N–H and O–H groups in total. The van der Waals surface area contributed by atoms with Crippen molar-refractivity contribution in [1.82, 2.24) is 25.7 Å². The molecule has 0 spiro atoms. The molecule has 1 aliphatic heterocycles. The van der Waals surface area contributed by atoms with Crippen LogP contribution in [-0.2, 0) is 6.54 Å². The molecule has 1 saturated heterocycles. The molecule has 0 unspecified atom stereocenters. The van der Waals surface area contributed by atoms with Crippen molar-refractivity contribution in [2.75, 3.05) is 26.2 Å². The minimum atomic E-state index is -0.0827. The van der Waals surface area contributed by atoms with Gasteiger partial charge in [0.05, 0.1) is 6.54 Å². The number of aromatic nitrogens is 2. The second kappa shape index (κ2) is 7.00. The molecule has 1 fully saturated rings. The van der Waals surface area contributed by atoms with E-state index >= 15 is 0 Å². The molecule has 2 amide bonds. The van der Waals surface area contributed by atoms with Crippen molar-refractivity contribution in [3.05, 3.63) is 18.5 Å². The van der Waals surface area contributed by atoms with Gasteiger partial charge in [-0.2, -0.15) is 5.10 Å². The van der Waals surface area contributed by atoms with Crippen molar-refractivity contribution in [3.63, 3.8) is 0 Å². The van der Waals surface area contributed by atoms with Crippen LogP contribution < -0.4 is 16.0 Å². The third-order valence-electron chi connectivity index (χ3n) is 3.20. The predicted molar refractivity (Wildman–Crippen MR) is 69.2 cm³/mol. The summed E-state index contributed by atoms with van der Waals surface area (Å²) in [6.07, 6.45) is 5.91. The number of carbonyl (C=O) groups is 1. The molecule has 18 heavy (non-hydrogen) atoms. The molecule has 0 saturated carbocycles. The van der Waals surface area contributed by atoms with E-state index in [0.717, 1.165) is 32.5 Å². The Bertz CT molecular complexity index is 345. The molecule has 1 aliphatic rings. The van der Waals surface area contributed by atoms with Crippen LogP contribution in [-0.4, -0.2) is 42.0 Å². The van der Waals surface area contributed by atoms with Crippen LogP contribution in [0.1, 0.15) is 12.8 Å². The molecule has 6 heteroatoms. The summed E-state index contributed by atoms with van der Waals surface area (Å²) in [7, 11) is 0. The lowest BCUT2D eigenvalue weighted by Crippen LogP contribution is -2.41. The maximum atomic E-state index is 11.5. The average molecular weight is 251 g/mol. The Morgan fingerprint density at radius 3 is 2.94 bits per heavy atom. The number of nitrogens with one attached hydrogen (secondary N) is 3. The van der Waals surface area contributed by atoms with E-state index in [1.54, 1.807) is 10.9 Å². The van der Waals surface area contributed by atoms with Gasteiger partial charge in [0.25, 0.3) is 0 Å². The Morgan fingerprint density at radius 2 is 2.22 bits per heavy atom. The van der Waals surface area contributed by atoms with Crippen LogP contribution in [0.3, 0.4) is 0 Å². The van der Waals surface area contributed by atoms with Crippen LogP contribution in [0, 0.1) is 5.92 Å². The summed E-state index contributed by atoms with van der Waals surface area (Å²) in [6, 6.07) is 1.79. The molecule has 6 nitrogen and oxygen atoms in total. The molecular formula is C12H21N5O. The van der Waals surface area contributed by atoms with Crippen LogP contribution in [0.2, 0.25) is 0 Å². The van der Waals surface area contributed by atoms with E-state index in [0.29, 0.717) is 19.0 Å². The van der Waals surface area contributed by atoms with Gasteiger partial charge in [0.2, 0.25) is 0 Å². The monoisotopic (exact) mass is 251 g/mol. The maximum absolute atomic E-state index is 11.5. The Morgan fingerprint density at radius 1 is 1.39 bits per heavy atom. The molecule has 100 valence electrons. The fourth-order valence-electron chi connectivity index (χ4n) is 2.10. The minimum Gasteiger partial charge on any atom is -0.338 e. The van der Waals surface area contributed by atoms with Gasteiger partial charge in [-0.05, 0) is 37.9 Å². The molecule has 2 rings (SSSR count). The topological polar surface area (TPSA) is 71.0 Å². The number of hydrogen-bond donors (Lipinski definition) is 3.